The van der Waals surface area contributed by atoms with Crippen LogP contribution < -0.4 is 9.47 Å². The van der Waals surface area contributed by atoms with Gasteiger partial charge >= 0.3 is 0 Å². The molecule has 1 aliphatic heterocycles. The van der Waals surface area contributed by atoms with Gasteiger partial charge in [0.15, 0.2) is 11.5 Å². The summed E-state index contributed by atoms with van der Waals surface area (Å²) in [4.78, 5) is 2.22. The minimum Gasteiger partial charge on any atom is -0.504 e. The lowest BCUT2D eigenvalue weighted by Crippen LogP contribution is -2.30. The number of aromatic hydroxyl groups is 1. The molecule has 0 amide bonds. The van der Waals surface area contributed by atoms with Gasteiger partial charge in [0, 0.05) is 18.2 Å². The molecule has 0 fully saturated rings. The molecule has 102 valence electrons. The average Bonchev–Trinajstić information content (AvgIpc) is 2.33. The van der Waals surface area contributed by atoms with E-state index >= 15 is 0 Å². The summed E-state index contributed by atoms with van der Waals surface area (Å²) in [6, 6.07) is 2.16. The van der Waals surface area contributed by atoms with Gasteiger partial charge < -0.3 is 14.6 Å². The van der Waals surface area contributed by atoms with E-state index in [0.29, 0.717) is 11.5 Å². The van der Waals surface area contributed by atoms with E-state index in [1.54, 1.807) is 14.2 Å². The number of methoxy groups -OCH3 is 2. The maximum atomic E-state index is 10.3. The molecule has 0 bridgehead atoms. The predicted octanol–water partition coefficient (Wildman–Crippen LogP) is 2.58. The molecule has 0 radical (unpaired) electrons. The molecule has 0 saturated carbocycles. The first-order valence-electron chi connectivity index (χ1n) is 5.77. The first-order valence-corrected chi connectivity index (χ1v) is 5.77. The summed E-state index contributed by atoms with van der Waals surface area (Å²) in [5.74, 6) is 1.23. The highest BCUT2D eigenvalue weighted by Crippen LogP contribution is 2.46. The van der Waals surface area contributed by atoms with Crippen LogP contribution in [0.25, 0.3) is 0 Å². The van der Waals surface area contributed by atoms with Crippen molar-refractivity contribution in [3.8, 4) is 17.2 Å². The van der Waals surface area contributed by atoms with E-state index in [9.17, 15) is 5.11 Å². The number of phenols is 1. The molecule has 1 N–H and O–H groups in total. The Morgan fingerprint density at radius 3 is 2.56 bits per heavy atom. The Labute approximate surface area is 125 Å². The van der Waals surface area contributed by atoms with E-state index in [0.717, 1.165) is 24.1 Å². The van der Waals surface area contributed by atoms with E-state index < -0.39 is 0 Å². The summed E-state index contributed by atoms with van der Waals surface area (Å²) in [6.07, 6.45) is 0.921. The van der Waals surface area contributed by atoms with Crippen LogP contribution in [-0.4, -0.2) is 37.8 Å². The number of likely N-dealkylation sites (N-methyl/N-ethyl adjacent to an activating group) is 1. The van der Waals surface area contributed by atoms with Crippen LogP contribution >= 0.6 is 24.0 Å². The highest BCUT2D eigenvalue weighted by Gasteiger charge is 2.28. The lowest BCUT2D eigenvalue weighted by molar-refractivity contribution is 0.237. The fourth-order valence-corrected chi connectivity index (χ4v) is 2.43. The summed E-state index contributed by atoms with van der Waals surface area (Å²) in [5, 5.41) is 10.3. The Kier molecular flexibility index (Phi) is 5.10. The van der Waals surface area contributed by atoms with Crippen molar-refractivity contribution in [3.05, 3.63) is 17.2 Å². The maximum absolute atomic E-state index is 10.3. The molecule has 0 saturated heterocycles. The van der Waals surface area contributed by atoms with Crippen molar-refractivity contribution in [2.45, 2.75) is 19.4 Å². The number of benzene rings is 1. The SMILES string of the molecule is COc1cc2c(c(O)c1OC)[C@H](C)N(C)CC2.I. The second-order valence-electron chi connectivity index (χ2n) is 4.44. The fraction of sp³-hybridized carbons (Fsp3) is 0.538. The van der Waals surface area contributed by atoms with Crippen LogP contribution in [0.3, 0.4) is 0 Å². The van der Waals surface area contributed by atoms with Gasteiger partial charge in [-0.25, -0.2) is 0 Å². The molecular weight excluding hydrogens is 345 g/mol. The zero-order valence-electron chi connectivity index (χ0n) is 11.2. The second-order valence-corrected chi connectivity index (χ2v) is 4.44. The van der Waals surface area contributed by atoms with Crippen molar-refractivity contribution >= 4 is 24.0 Å². The second kappa shape index (κ2) is 5.97. The van der Waals surface area contributed by atoms with Crippen LogP contribution in [0.4, 0.5) is 0 Å². The van der Waals surface area contributed by atoms with Crippen LogP contribution in [0.1, 0.15) is 24.1 Å². The maximum Gasteiger partial charge on any atom is 0.203 e. The van der Waals surface area contributed by atoms with E-state index in [4.69, 9.17) is 9.47 Å². The van der Waals surface area contributed by atoms with Crippen molar-refractivity contribution in [1.82, 2.24) is 4.90 Å². The highest BCUT2D eigenvalue weighted by atomic mass is 127. The molecule has 4 nitrogen and oxygen atoms in total. The summed E-state index contributed by atoms with van der Waals surface area (Å²) < 4.78 is 10.5. The molecule has 5 heteroatoms. The highest BCUT2D eigenvalue weighted by molar-refractivity contribution is 14.0. The van der Waals surface area contributed by atoms with Gasteiger partial charge in [-0.05, 0) is 32.0 Å². The normalized spacial score (nSPS) is 18.8. The van der Waals surface area contributed by atoms with E-state index in [-0.39, 0.29) is 35.8 Å². The smallest absolute Gasteiger partial charge is 0.203 e. The number of nitrogens with zero attached hydrogens (tertiary/aromatic N) is 1. The van der Waals surface area contributed by atoms with Gasteiger partial charge in [0.05, 0.1) is 14.2 Å². The minimum absolute atomic E-state index is 0. The van der Waals surface area contributed by atoms with Crippen molar-refractivity contribution in [3.63, 3.8) is 0 Å². The number of hydrogen-bond acceptors (Lipinski definition) is 4. The molecule has 2 rings (SSSR count). The molecule has 1 aromatic carbocycles. The van der Waals surface area contributed by atoms with Gasteiger partial charge in [-0.2, -0.15) is 0 Å². The minimum atomic E-state index is 0. The van der Waals surface area contributed by atoms with Crippen molar-refractivity contribution in [2.24, 2.45) is 0 Å². The zero-order valence-corrected chi connectivity index (χ0v) is 13.5. The lowest BCUT2D eigenvalue weighted by Gasteiger charge is -2.33. The van der Waals surface area contributed by atoms with E-state index in [1.807, 2.05) is 6.07 Å². The molecule has 1 heterocycles. The number of phenolic OH excluding ortho intramolecular Hbond substituents is 1. The van der Waals surface area contributed by atoms with Gasteiger partial charge in [0.1, 0.15) is 0 Å². The van der Waals surface area contributed by atoms with Crippen LogP contribution in [0, 0.1) is 0 Å². The van der Waals surface area contributed by atoms with Crippen molar-refractivity contribution < 1.29 is 14.6 Å². The Morgan fingerprint density at radius 2 is 2.00 bits per heavy atom. The van der Waals surface area contributed by atoms with Crippen LogP contribution in [0.15, 0.2) is 6.07 Å². The Hall–Kier alpha value is -0.690. The monoisotopic (exact) mass is 365 g/mol. The molecule has 0 spiro atoms. The number of ether oxygens (including phenoxy) is 2. The molecule has 18 heavy (non-hydrogen) atoms. The predicted molar refractivity (Wildman–Crippen MR) is 81.4 cm³/mol. The summed E-state index contributed by atoms with van der Waals surface area (Å²) in [6.45, 7) is 3.08. The van der Waals surface area contributed by atoms with Crippen molar-refractivity contribution in [2.75, 3.05) is 27.8 Å². The number of halogens is 1. The molecule has 1 aromatic rings. The van der Waals surface area contributed by atoms with Gasteiger partial charge in [-0.3, -0.25) is 4.90 Å². The third-order valence-corrected chi connectivity index (χ3v) is 3.58. The van der Waals surface area contributed by atoms with Gasteiger partial charge in [-0.15, -0.1) is 24.0 Å². The first-order chi connectivity index (χ1) is 8.10. The third-order valence-electron chi connectivity index (χ3n) is 3.58. The topological polar surface area (TPSA) is 41.9 Å². The molecular formula is C13H20INO3. The molecule has 0 aliphatic carbocycles. The van der Waals surface area contributed by atoms with Crippen molar-refractivity contribution in [1.29, 1.82) is 0 Å². The summed E-state index contributed by atoms with van der Waals surface area (Å²) in [7, 11) is 5.19. The molecule has 1 atom stereocenters. The summed E-state index contributed by atoms with van der Waals surface area (Å²) >= 11 is 0. The Bertz CT molecular complexity index is 437. The number of rotatable bonds is 2. The standard InChI is InChI=1S/C13H19NO3.HI/c1-8-11-9(5-6-14(8)2)7-10(16-3)13(17-4)12(11)15;/h7-8,15H,5-6H2,1-4H3;1H/t8-;/m0./s1. The fourth-order valence-electron chi connectivity index (χ4n) is 2.43. The molecule has 0 unspecified atom stereocenters. The lowest BCUT2D eigenvalue weighted by atomic mass is 9.92. The quantitative estimate of drug-likeness (QED) is 0.819. The zero-order chi connectivity index (χ0) is 12.6. The van der Waals surface area contributed by atoms with Crippen LogP contribution in [0.2, 0.25) is 0 Å². The first kappa shape index (κ1) is 15.4. The van der Waals surface area contributed by atoms with Gasteiger partial charge in [0.2, 0.25) is 5.75 Å². The number of hydrogen-bond donors (Lipinski definition) is 1. The Balaban J connectivity index is 0.00000162. The largest absolute Gasteiger partial charge is 0.504 e. The average molecular weight is 365 g/mol. The Morgan fingerprint density at radius 1 is 1.33 bits per heavy atom. The molecule has 1 aliphatic rings. The van der Waals surface area contributed by atoms with Crippen LogP contribution in [-0.2, 0) is 6.42 Å². The van der Waals surface area contributed by atoms with E-state index in [1.165, 1.54) is 0 Å². The van der Waals surface area contributed by atoms with Gasteiger partial charge in [0.25, 0.3) is 0 Å². The molecule has 0 aromatic heterocycles. The summed E-state index contributed by atoms with van der Waals surface area (Å²) in [5.41, 5.74) is 2.10. The van der Waals surface area contributed by atoms with Gasteiger partial charge in [-0.1, -0.05) is 0 Å². The van der Waals surface area contributed by atoms with E-state index in [2.05, 4.69) is 18.9 Å². The van der Waals surface area contributed by atoms with Crippen LogP contribution in [0.5, 0.6) is 17.2 Å². The number of fused-ring (bicyclic) bond motifs is 1. The third kappa shape index (κ3) is 2.38.